The smallest absolute Gasteiger partial charge is 0.407 e. The van der Waals surface area contributed by atoms with Crippen molar-refractivity contribution in [2.75, 3.05) is 6.54 Å². The third kappa shape index (κ3) is 5.67. The van der Waals surface area contributed by atoms with Crippen molar-refractivity contribution in [2.24, 2.45) is 0 Å². The van der Waals surface area contributed by atoms with Crippen molar-refractivity contribution in [1.82, 2.24) is 10.6 Å². The summed E-state index contributed by atoms with van der Waals surface area (Å²) < 4.78 is 5.30. The quantitative estimate of drug-likeness (QED) is 0.868. The molecule has 1 aromatic heterocycles. The number of nitrogens with one attached hydrogen (secondary N) is 2. The van der Waals surface area contributed by atoms with Gasteiger partial charge in [-0.25, -0.2) is 4.79 Å². The van der Waals surface area contributed by atoms with Crippen molar-refractivity contribution in [1.29, 1.82) is 0 Å². The van der Waals surface area contributed by atoms with Crippen LogP contribution in [0.15, 0.2) is 16.8 Å². The van der Waals surface area contributed by atoms with Crippen molar-refractivity contribution in [2.45, 2.75) is 64.1 Å². The Morgan fingerprint density at radius 1 is 1.43 bits per heavy atom. The molecule has 1 heterocycles. The van der Waals surface area contributed by atoms with Crippen LogP contribution in [0.3, 0.4) is 0 Å². The van der Waals surface area contributed by atoms with Crippen LogP contribution >= 0.6 is 11.3 Å². The molecule has 1 saturated carbocycles. The zero-order valence-corrected chi connectivity index (χ0v) is 14.0. The van der Waals surface area contributed by atoms with E-state index in [4.69, 9.17) is 4.74 Å². The highest BCUT2D eigenvalue weighted by Gasteiger charge is 2.22. The van der Waals surface area contributed by atoms with Gasteiger partial charge in [0, 0.05) is 12.6 Å². The van der Waals surface area contributed by atoms with Gasteiger partial charge in [0.25, 0.3) is 0 Å². The van der Waals surface area contributed by atoms with Gasteiger partial charge in [-0.3, -0.25) is 0 Å². The minimum atomic E-state index is -0.457. The first kappa shape index (κ1) is 16.3. The van der Waals surface area contributed by atoms with Gasteiger partial charge in [-0.2, -0.15) is 11.3 Å². The number of thiophene rings is 1. The van der Waals surface area contributed by atoms with Crippen LogP contribution in [-0.2, 0) is 4.74 Å². The molecule has 1 amide bonds. The molecule has 1 aliphatic carbocycles. The van der Waals surface area contributed by atoms with Crippen LogP contribution in [0.25, 0.3) is 0 Å². The summed E-state index contributed by atoms with van der Waals surface area (Å²) in [6, 6.07) is 2.84. The lowest BCUT2D eigenvalue weighted by Crippen LogP contribution is -2.40. The standard InChI is InChI=1S/C16H26N2O2S/c1-16(2,3)20-15(19)17-10-14(12-8-9-21-11-12)18-13-6-4-5-7-13/h8-9,11,13-14,18H,4-7,10H2,1-3H3,(H,17,19). The van der Waals surface area contributed by atoms with Gasteiger partial charge in [-0.15, -0.1) is 0 Å². The van der Waals surface area contributed by atoms with E-state index >= 15 is 0 Å². The van der Waals surface area contributed by atoms with Gasteiger partial charge in [0.1, 0.15) is 5.60 Å². The lowest BCUT2D eigenvalue weighted by molar-refractivity contribution is 0.0521. The normalized spacial score (nSPS) is 17.7. The molecule has 4 nitrogen and oxygen atoms in total. The van der Waals surface area contributed by atoms with Crippen molar-refractivity contribution in [3.05, 3.63) is 22.4 Å². The van der Waals surface area contributed by atoms with Gasteiger partial charge in [0.2, 0.25) is 0 Å². The van der Waals surface area contributed by atoms with Crippen LogP contribution in [0, 0.1) is 0 Å². The maximum Gasteiger partial charge on any atom is 0.407 e. The van der Waals surface area contributed by atoms with E-state index in [1.54, 1.807) is 11.3 Å². The highest BCUT2D eigenvalue weighted by Crippen LogP contribution is 2.23. The average Bonchev–Trinajstić information content (AvgIpc) is 3.05. The van der Waals surface area contributed by atoms with Crippen LogP contribution in [0.1, 0.15) is 58.1 Å². The average molecular weight is 310 g/mol. The Kier molecular flexibility index (Phi) is 5.65. The first-order valence-electron chi connectivity index (χ1n) is 7.69. The van der Waals surface area contributed by atoms with E-state index in [9.17, 15) is 4.79 Å². The lowest BCUT2D eigenvalue weighted by Gasteiger charge is -2.24. The van der Waals surface area contributed by atoms with Crippen molar-refractivity contribution in [3.63, 3.8) is 0 Å². The van der Waals surface area contributed by atoms with E-state index in [0.717, 1.165) is 0 Å². The second-order valence-electron chi connectivity index (χ2n) is 6.64. The second kappa shape index (κ2) is 7.27. The summed E-state index contributed by atoms with van der Waals surface area (Å²) in [6.07, 6.45) is 4.71. The Bertz CT molecular complexity index is 434. The maximum atomic E-state index is 11.8. The predicted molar refractivity (Wildman–Crippen MR) is 86.7 cm³/mol. The fourth-order valence-corrected chi connectivity index (χ4v) is 3.34. The SMILES string of the molecule is CC(C)(C)OC(=O)NCC(NC1CCCC1)c1ccsc1. The first-order chi connectivity index (χ1) is 9.94. The Morgan fingerprint density at radius 3 is 2.71 bits per heavy atom. The molecule has 21 heavy (non-hydrogen) atoms. The van der Waals surface area contributed by atoms with Gasteiger partial charge >= 0.3 is 6.09 Å². The molecule has 0 spiro atoms. The second-order valence-corrected chi connectivity index (χ2v) is 7.42. The summed E-state index contributed by atoms with van der Waals surface area (Å²) in [7, 11) is 0. The van der Waals surface area contributed by atoms with Gasteiger partial charge in [-0.1, -0.05) is 12.8 Å². The summed E-state index contributed by atoms with van der Waals surface area (Å²) in [4.78, 5) is 11.8. The number of hydrogen-bond acceptors (Lipinski definition) is 4. The number of alkyl carbamates (subject to hydrolysis) is 1. The fourth-order valence-electron chi connectivity index (χ4n) is 2.62. The van der Waals surface area contributed by atoms with Crippen molar-refractivity contribution >= 4 is 17.4 Å². The summed E-state index contributed by atoms with van der Waals surface area (Å²) >= 11 is 1.69. The molecular weight excluding hydrogens is 284 g/mol. The van der Waals surface area contributed by atoms with Gasteiger partial charge in [0.15, 0.2) is 0 Å². The number of carbonyl (C=O) groups excluding carboxylic acids is 1. The summed E-state index contributed by atoms with van der Waals surface area (Å²) in [6.45, 7) is 6.18. The van der Waals surface area contributed by atoms with Crippen LogP contribution in [0.4, 0.5) is 4.79 Å². The molecule has 2 N–H and O–H groups in total. The summed E-state index contributed by atoms with van der Waals surface area (Å²) in [5.74, 6) is 0. The van der Waals surface area contributed by atoms with E-state index in [1.807, 2.05) is 20.8 Å². The van der Waals surface area contributed by atoms with E-state index < -0.39 is 5.60 Å². The Hall–Kier alpha value is -1.07. The summed E-state index contributed by atoms with van der Waals surface area (Å²) in [5, 5.41) is 10.8. The molecule has 0 bridgehead atoms. The van der Waals surface area contributed by atoms with Crippen LogP contribution in [0.2, 0.25) is 0 Å². The first-order valence-corrected chi connectivity index (χ1v) is 8.63. The monoisotopic (exact) mass is 310 g/mol. The van der Waals surface area contributed by atoms with Gasteiger partial charge < -0.3 is 15.4 Å². The van der Waals surface area contributed by atoms with Crippen molar-refractivity contribution < 1.29 is 9.53 Å². The Balaban J connectivity index is 1.88. The molecule has 5 heteroatoms. The highest BCUT2D eigenvalue weighted by atomic mass is 32.1. The van der Waals surface area contributed by atoms with Gasteiger partial charge in [-0.05, 0) is 56.0 Å². The zero-order valence-electron chi connectivity index (χ0n) is 13.1. The Labute approximate surface area is 131 Å². The molecule has 1 aromatic rings. The number of rotatable bonds is 5. The Morgan fingerprint density at radius 2 is 2.14 bits per heavy atom. The van der Waals surface area contributed by atoms with Crippen LogP contribution < -0.4 is 10.6 Å². The number of hydrogen-bond donors (Lipinski definition) is 2. The molecule has 0 radical (unpaired) electrons. The topological polar surface area (TPSA) is 50.4 Å². The van der Waals surface area contributed by atoms with Crippen LogP contribution in [0.5, 0.6) is 0 Å². The molecule has 0 aliphatic heterocycles. The zero-order chi connectivity index (χ0) is 15.3. The number of carbonyl (C=O) groups is 1. The largest absolute Gasteiger partial charge is 0.444 e. The van der Waals surface area contributed by atoms with Crippen LogP contribution in [-0.4, -0.2) is 24.3 Å². The molecule has 1 fully saturated rings. The van der Waals surface area contributed by atoms with E-state index in [1.165, 1.54) is 31.2 Å². The van der Waals surface area contributed by atoms with E-state index in [2.05, 4.69) is 27.5 Å². The highest BCUT2D eigenvalue weighted by molar-refractivity contribution is 7.07. The number of amides is 1. The van der Waals surface area contributed by atoms with Crippen molar-refractivity contribution in [3.8, 4) is 0 Å². The molecule has 1 atom stereocenters. The third-order valence-corrected chi connectivity index (χ3v) is 4.29. The number of ether oxygens (including phenoxy) is 1. The molecule has 0 aromatic carbocycles. The molecular formula is C16H26N2O2S. The van der Waals surface area contributed by atoms with E-state index in [-0.39, 0.29) is 12.1 Å². The molecule has 1 unspecified atom stereocenters. The molecule has 118 valence electrons. The minimum Gasteiger partial charge on any atom is -0.444 e. The fraction of sp³-hybridized carbons (Fsp3) is 0.688. The summed E-state index contributed by atoms with van der Waals surface area (Å²) in [5.41, 5.74) is 0.781. The maximum absolute atomic E-state index is 11.8. The lowest BCUT2D eigenvalue weighted by atomic mass is 10.1. The molecule has 2 rings (SSSR count). The third-order valence-electron chi connectivity index (χ3n) is 3.59. The molecule has 1 aliphatic rings. The van der Waals surface area contributed by atoms with Gasteiger partial charge in [0.05, 0.1) is 6.04 Å². The minimum absolute atomic E-state index is 0.159. The molecule has 0 saturated heterocycles. The predicted octanol–water partition coefficient (Wildman–Crippen LogP) is 3.85. The van der Waals surface area contributed by atoms with E-state index in [0.29, 0.717) is 12.6 Å².